The molecule has 0 atom stereocenters. The first-order chi connectivity index (χ1) is 12.2. The van der Waals surface area contributed by atoms with E-state index in [4.69, 9.17) is 14.6 Å². The van der Waals surface area contributed by atoms with Crippen LogP contribution in [0.5, 0.6) is 5.75 Å². The minimum atomic E-state index is -1.10. The van der Waals surface area contributed by atoms with E-state index in [1.54, 1.807) is 30.5 Å². The van der Waals surface area contributed by atoms with Crippen LogP contribution in [0.15, 0.2) is 30.5 Å². The Hall–Kier alpha value is -2.87. The highest BCUT2D eigenvalue weighted by atomic mass is 16.5. The third-order valence-corrected chi connectivity index (χ3v) is 3.74. The number of aromatic nitrogens is 2. The lowest BCUT2D eigenvalue weighted by atomic mass is 10.2. The van der Waals surface area contributed by atoms with Gasteiger partial charge in [-0.25, -0.2) is 14.8 Å². The van der Waals surface area contributed by atoms with E-state index in [1.165, 1.54) is 0 Å². The molecule has 2 N–H and O–H groups in total. The molecule has 1 aromatic carbocycles. The number of carboxylic acid groups (broad SMARTS) is 1. The van der Waals surface area contributed by atoms with E-state index in [9.17, 15) is 4.79 Å². The summed E-state index contributed by atoms with van der Waals surface area (Å²) in [6.45, 7) is 5.26. The number of ether oxygens (including phenoxy) is 2. The highest BCUT2D eigenvalue weighted by molar-refractivity contribution is 5.83. The maximum atomic E-state index is 10.7. The highest BCUT2D eigenvalue weighted by Crippen LogP contribution is 2.29. The van der Waals surface area contributed by atoms with E-state index in [1.807, 2.05) is 6.92 Å². The predicted molar refractivity (Wildman–Crippen MR) is 93.3 cm³/mol. The van der Waals surface area contributed by atoms with Crippen LogP contribution in [-0.2, 0) is 4.74 Å². The number of hydrogen-bond donors (Lipinski definition) is 2. The Morgan fingerprint density at radius 3 is 2.68 bits per heavy atom. The van der Waals surface area contributed by atoms with Crippen LogP contribution in [0.25, 0.3) is 11.4 Å². The van der Waals surface area contributed by atoms with Crippen LogP contribution < -0.4 is 15.0 Å². The largest absolute Gasteiger partial charge is 0.488 e. The van der Waals surface area contributed by atoms with Crippen LogP contribution in [0.3, 0.4) is 0 Å². The Balaban J connectivity index is 1.89. The number of carbonyl (C=O) groups is 1. The summed E-state index contributed by atoms with van der Waals surface area (Å²) >= 11 is 0. The number of nitrogens with one attached hydrogen (secondary N) is 1. The Kier molecular flexibility index (Phi) is 5.30. The number of benzene rings is 1. The summed E-state index contributed by atoms with van der Waals surface area (Å²) in [5.74, 6) is 1.96. The molecule has 0 saturated carbocycles. The molecule has 1 aliphatic heterocycles. The van der Waals surface area contributed by atoms with E-state index in [0.717, 1.165) is 24.5 Å². The van der Waals surface area contributed by atoms with Crippen molar-refractivity contribution in [1.82, 2.24) is 9.97 Å². The van der Waals surface area contributed by atoms with Crippen molar-refractivity contribution in [3.63, 3.8) is 0 Å². The molecule has 2 aromatic rings. The normalized spacial score (nSPS) is 14.2. The number of morpholine rings is 1. The third-order valence-electron chi connectivity index (χ3n) is 3.74. The molecule has 1 fully saturated rings. The number of hydrogen-bond acceptors (Lipinski definition) is 6. The van der Waals surface area contributed by atoms with Crippen molar-refractivity contribution < 1.29 is 19.4 Å². The van der Waals surface area contributed by atoms with E-state index >= 15 is 0 Å². The average Bonchev–Trinajstić information content (AvgIpc) is 2.63. The van der Waals surface area contributed by atoms with Gasteiger partial charge in [-0.3, -0.25) is 5.32 Å². The topological polar surface area (TPSA) is 96.8 Å². The van der Waals surface area contributed by atoms with Gasteiger partial charge in [0.2, 0.25) is 0 Å². The first-order valence-electron chi connectivity index (χ1n) is 8.10. The molecule has 1 aromatic heterocycles. The van der Waals surface area contributed by atoms with Crippen molar-refractivity contribution in [3.05, 3.63) is 30.5 Å². The molecule has 0 radical (unpaired) electrons. The van der Waals surface area contributed by atoms with E-state index in [-0.39, 0.29) is 0 Å². The van der Waals surface area contributed by atoms with Crippen molar-refractivity contribution in [1.29, 1.82) is 0 Å². The molecule has 3 rings (SSSR count). The van der Waals surface area contributed by atoms with Gasteiger partial charge in [0.05, 0.1) is 26.0 Å². The van der Waals surface area contributed by atoms with Crippen LogP contribution in [0, 0.1) is 0 Å². The molecule has 8 nitrogen and oxygen atoms in total. The molecule has 1 aliphatic rings. The van der Waals surface area contributed by atoms with Crippen LogP contribution in [0.1, 0.15) is 6.92 Å². The summed E-state index contributed by atoms with van der Waals surface area (Å²) in [4.78, 5) is 21.9. The van der Waals surface area contributed by atoms with Crippen molar-refractivity contribution >= 4 is 17.6 Å². The summed E-state index contributed by atoms with van der Waals surface area (Å²) in [7, 11) is 0. The van der Waals surface area contributed by atoms with Gasteiger partial charge in [0, 0.05) is 24.3 Å². The summed E-state index contributed by atoms with van der Waals surface area (Å²) < 4.78 is 11.1. The van der Waals surface area contributed by atoms with Crippen LogP contribution in [0.2, 0.25) is 0 Å². The molecular formula is C17H20N4O4. The van der Waals surface area contributed by atoms with E-state index < -0.39 is 6.09 Å². The Morgan fingerprint density at radius 2 is 2.04 bits per heavy atom. The number of rotatable bonds is 5. The minimum absolute atomic E-state index is 0.496. The fourth-order valence-corrected chi connectivity index (χ4v) is 2.59. The van der Waals surface area contributed by atoms with Crippen molar-refractivity contribution in [2.75, 3.05) is 43.1 Å². The van der Waals surface area contributed by atoms with Crippen molar-refractivity contribution in [3.8, 4) is 17.1 Å². The van der Waals surface area contributed by atoms with Gasteiger partial charge in [0.15, 0.2) is 17.4 Å². The second-order valence-corrected chi connectivity index (χ2v) is 5.42. The zero-order valence-corrected chi connectivity index (χ0v) is 13.9. The molecule has 0 spiro atoms. The first kappa shape index (κ1) is 17.0. The molecule has 0 unspecified atom stereocenters. The highest BCUT2D eigenvalue weighted by Gasteiger charge is 2.19. The predicted octanol–water partition coefficient (Wildman–Crippen LogP) is 2.47. The van der Waals surface area contributed by atoms with Crippen molar-refractivity contribution in [2.24, 2.45) is 0 Å². The first-order valence-corrected chi connectivity index (χ1v) is 8.10. The van der Waals surface area contributed by atoms with Crippen molar-refractivity contribution in [2.45, 2.75) is 6.92 Å². The van der Waals surface area contributed by atoms with Crippen LogP contribution >= 0.6 is 0 Å². The summed E-state index contributed by atoms with van der Waals surface area (Å²) in [5, 5.41) is 11.1. The second-order valence-electron chi connectivity index (χ2n) is 5.42. The van der Waals surface area contributed by atoms with Gasteiger partial charge in [0.1, 0.15) is 0 Å². The van der Waals surface area contributed by atoms with Gasteiger partial charge in [-0.1, -0.05) is 0 Å². The second kappa shape index (κ2) is 7.80. The molecular weight excluding hydrogens is 324 g/mol. The molecule has 0 bridgehead atoms. The quantitative estimate of drug-likeness (QED) is 0.860. The zero-order chi connectivity index (χ0) is 17.6. The number of nitrogens with zero attached hydrogens (tertiary/aromatic N) is 3. The monoisotopic (exact) mass is 344 g/mol. The Labute approximate surface area is 145 Å². The fourth-order valence-electron chi connectivity index (χ4n) is 2.59. The van der Waals surface area contributed by atoms with E-state index in [2.05, 4.69) is 20.2 Å². The zero-order valence-electron chi connectivity index (χ0n) is 13.9. The summed E-state index contributed by atoms with van der Waals surface area (Å²) in [6, 6.07) is 6.92. The Bertz CT molecular complexity index is 730. The van der Waals surface area contributed by atoms with E-state index in [0.29, 0.717) is 37.1 Å². The maximum Gasteiger partial charge on any atom is 0.409 e. The molecule has 2 heterocycles. The molecule has 25 heavy (non-hydrogen) atoms. The molecule has 132 valence electrons. The molecule has 1 amide bonds. The third kappa shape index (κ3) is 4.16. The standard InChI is InChI=1S/C17H20N4O4/c1-2-25-14-11-18-15(20-16(14)21-7-9-24-10-8-21)12-3-5-13(6-4-12)19-17(22)23/h3-6,11,19H,2,7-10H2,1H3,(H,22,23). The summed E-state index contributed by atoms with van der Waals surface area (Å²) in [5.41, 5.74) is 1.30. The molecule has 8 heteroatoms. The molecule has 1 saturated heterocycles. The SMILES string of the molecule is CCOc1cnc(-c2ccc(NC(=O)O)cc2)nc1N1CCOCC1. The maximum absolute atomic E-state index is 10.7. The average molecular weight is 344 g/mol. The fraction of sp³-hybridized carbons (Fsp3) is 0.353. The van der Waals surface area contributed by atoms with Gasteiger partial charge in [0.25, 0.3) is 0 Å². The van der Waals surface area contributed by atoms with Crippen LogP contribution in [0.4, 0.5) is 16.3 Å². The Morgan fingerprint density at radius 1 is 1.32 bits per heavy atom. The summed E-state index contributed by atoms with van der Waals surface area (Å²) in [6.07, 6.45) is 0.583. The smallest absolute Gasteiger partial charge is 0.409 e. The molecule has 0 aliphatic carbocycles. The lowest BCUT2D eigenvalue weighted by Gasteiger charge is -2.29. The van der Waals surface area contributed by atoms with Gasteiger partial charge in [-0.2, -0.15) is 0 Å². The number of amides is 1. The van der Waals surface area contributed by atoms with Gasteiger partial charge >= 0.3 is 6.09 Å². The number of anilines is 2. The van der Waals surface area contributed by atoms with Crippen LogP contribution in [-0.4, -0.2) is 54.1 Å². The minimum Gasteiger partial charge on any atom is -0.488 e. The lowest BCUT2D eigenvalue weighted by molar-refractivity contribution is 0.122. The lowest BCUT2D eigenvalue weighted by Crippen LogP contribution is -2.37. The van der Waals surface area contributed by atoms with Gasteiger partial charge in [-0.05, 0) is 31.2 Å². The van der Waals surface area contributed by atoms with Gasteiger partial charge < -0.3 is 19.5 Å². The van der Waals surface area contributed by atoms with Gasteiger partial charge in [-0.15, -0.1) is 0 Å².